The van der Waals surface area contributed by atoms with Crippen molar-refractivity contribution in [3.63, 3.8) is 0 Å². The zero-order chi connectivity index (χ0) is 18.7. The van der Waals surface area contributed by atoms with Crippen molar-refractivity contribution in [1.82, 2.24) is 4.90 Å². The zero-order valence-corrected chi connectivity index (χ0v) is 15.6. The van der Waals surface area contributed by atoms with Crippen LogP contribution in [0.5, 0.6) is 5.75 Å². The van der Waals surface area contributed by atoms with Gasteiger partial charge >= 0.3 is 5.97 Å². The minimum absolute atomic E-state index is 0.0787. The fourth-order valence-electron chi connectivity index (χ4n) is 2.75. The van der Waals surface area contributed by atoms with E-state index in [0.29, 0.717) is 18.8 Å². The highest BCUT2D eigenvalue weighted by atomic mass is 32.1. The first-order valence-electron chi connectivity index (χ1n) is 8.41. The molecule has 0 fully saturated rings. The molecule has 1 aromatic heterocycles. The smallest absolute Gasteiger partial charge is 0.347 e. The van der Waals surface area contributed by atoms with Crippen LogP contribution in [-0.4, -0.2) is 40.6 Å². The lowest BCUT2D eigenvalue weighted by Gasteiger charge is -2.26. The molecule has 136 valence electrons. The molecule has 1 amide bonds. The number of thiophene rings is 1. The second-order valence-electron chi connectivity index (χ2n) is 6.65. The monoisotopic (exact) mass is 371 g/mol. The topological polar surface area (TPSA) is 66.8 Å². The predicted octanol–water partition coefficient (Wildman–Crippen LogP) is 3.92. The van der Waals surface area contributed by atoms with Gasteiger partial charge in [-0.3, -0.25) is 4.79 Å². The Morgan fingerprint density at radius 2 is 1.92 bits per heavy atom. The number of hydrogen-bond acceptors (Lipinski definition) is 4. The van der Waals surface area contributed by atoms with Crippen molar-refractivity contribution in [2.75, 3.05) is 13.1 Å². The maximum atomic E-state index is 12.4. The lowest BCUT2D eigenvalue weighted by Crippen LogP contribution is -2.37. The SMILES string of the molecule is CC(C)(Oc1ccc(C2=CCN(C(=O)c3cccs3)CC2)cc1)C(=O)O. The maximum Gasteiger partial charge on any atom is 0.347 e. The summed E-state index contributed by atoms with van der Waals surface area (Å²) in [5.41, 5.74) is 0.979. The van der Waals surface area contributed by atoms with Crippen LogP contribution in [0.2, 0.25) is 0 Å². The van der Waals surface area contributed by atoms with Crippen LogP contribution in [0.25, 0.3) is 5.57 Å². The first-order valence-corrected chi connectivity index (χ1v) is 9.29. The van der Waals surface area contributed by atoms with Crippen molar-refractivity contribution in [3.05, 3.63) is 58.3 Å². The first kappa shape index (κ1) is 18.2. The molecule has 0 spiro atoms. The first-order chi connectivity index (χ1) is 12.4. The number of carbonyl (C=O) groups is 2. The van der Waals surface area contributed by atoms with Gasteiger partial charge in [0.25, 0.3) is 5.91 Å². The van der Waals surface area contributed by atoms with Crippen LogP contribution in [0, 0.1) is 0 Å². The number of carboxylic acids is 1. The number of carbonyl (C=O) groups excluding carboxylic acids is 1. The number of aliphatic carboxylic acids is 1. The Bertz CT molecular complexity index is 822. The van der Waals surface area contributed by atoms with Crippen molar-refractivity contribution < 1.29 is 19.4 Å². The van der Waals surface area contributed by atoms with Gasteiger partial charge in [0.15, 0.2) is 5.60 Å². The molecular weight excluding hydrogens is 350 g/mol. The minimum atomic E-state index is -1.27. The van der Waals surface area contributed by atoms with E-state index in [2.05, 4.69) is 6.08 Å². The van der Waals surface area contributed by atoms with E-state index in [1.54, 1.807) is 12.1 Å². The number of rotatable bonds is 5. The van der Waals surface area contributed by atoms with Crippen molar-refractivity contribution in [2.24, 2.45) is 0 Å². The van der Waals surface area contributed by atoms with Crippen molar-refractivity contribution >= 4 is 28.8 Å². The molecule has 5 nitrogen and oxygen atoms in total. The lowest BCUT2D eigenvalue weighted by molar-refractivity contribution is -0.152. The fraction of sp³-hybridized carbons (Fsp3) is 0.300. The van der Waals surface area contributed by atoms with E-state index >= 15 is 0 Å². The van der Waals surface area contributed by atoms with Gasteiger partial charge in [0.2, 0.25) is 0 Å². The molecule has 0 saturated heterocycles. The van der Waals surface area contributed by atoms with E-state index in [9.17, 15) is 9.59 Å². The van der Waals surface area contributed by atoms with Gasteiger partial charge in [-0.15, -0.1) is 11.3 Å². The van der Waals surface area contributed by atoms with Gasteiger partial charge in [-0.2, -0.15) is 0 Å². The Morgan fingerprint density at radius 3 is 2.46 bits per heavy atom. The van der Waals surface area contributed by atoms with E-state index in [4.69, 9.17) is 9.84 Å². The Balaban J connectivity index is 1.65. The predicted molar refractivity (Wildman–Crippen MR) is 102 cm³/mol. The Labute approximate surface area is 156 Å². The Kier molecular flexibility index (Phi) is 5.13. The highest BCUT2D eigenvalue weighted by molar-refractivity contribution is 7.12. The summed E-state index contributed by atoms with van der Waals surface area (Å²) in [6, 6.07) is 11.2. The summed E-state index contributed by atoms with van der Waals surface area (Å²) in [6.07, 6.45) is 2.87. The highest BCUT2D eigenvalue weighted by Gasteiger charge is 2.29. The Morgan fingerprint density at radius 1 is 1.19 bits per heavy atom. The summed E-state index contributed by atoms with van der Waals surface area (Å²) in [6.45, 7) is 4.32. The standard InChI is InChI=1S/C20H21NO4S/c1-20(2,19(23)24)25-16-7-5-14(6-8-16)15-9-11-21(12-10-15)18(22)17-4-3-13-26-17/h3-9,13H,10-12H2,1-2H3,(H,23,24). The minimum Gasteiger partial charge on any atom is -0.478 e. The number of carboxylic acid groups (broad SMARTS) is 1. The van der Waals surface area contributed by atoms with E-state index in [1.165, 1.54) is 30.8 Å². The number of amides is 1. The van der Waals surface area contributed by atoms with Crippen LogP contribution in [0.3, 0.4) is 0 Å². The molecule has 0 atom stereocenters. The normalized spacial score (nSPS) is 14.7. The van der Waals surface area contributed by atoms with Crippen LogP contribution in [0.1, 0.15) is 35.5 Å². The zero-order valence-electron chi connectivity index (χ0n) is 14.8. The number of ether oxygens (including phenoxy) is 1. The lowest BCUT2D eigenvalue weighted by atomic mass is 9.99. The molecule has 0 radical (unpaired) electrons. The summed E-state index contributed by atoms with van der Waals surface area (Å²) < 4.78 is 5.52. The van der Waals surface area contributed by atoms with Crippen molar-refractivity contribution in [2.45, 2.75) is 25.9 Å². The van der Waals surface area contributed by atoms with E-state index < -0.39 is 11.6 Å². The third-order valence-electron chi connectivity index (χ3n) is 4.34. The fourth-order valence-corrected chi connectivity index (χ4v) is 3.44. The van der Waals surface area contributed by atoms with Gasteiger partial charge in [-0.1, -0.05) is 24.3 Å². The molecule has 26 heavy (non-hydrogen) atoms. The second kappa shape index (κ2) is 7.33. The number of benzene rings is 1. The van der Waals surface area contributed by atoms with Gasteiger partial charge in [0.05, 0.1) is 4.88 Å². The van der Waals surface area contributed by atoms with Gasteiger partial charge < -0.3 is 14.7 Å². The molecule has 1 aromatic carbocycles. The molecule has 1 N–H and O–H groups in total. The molecule has 0 aliphatic carbocycles. The third-order valence-corrected chi connectivity index (χ3v) is 5.20. The van der Waals surface area contributed by atoms with E-state index in [-0.39, 0.29) is 5.91 Å². The van der Waals surface area contributed by atoms with Gasteiger partial charge in [-0.05, 0) is 55.0 Å². The average Bonchev–Trinajstić information content (AvgIpc) is 3.16. The molecule has 0 bridgehead atoms. The Hall–Kier alpha value is -2.60. The third kappa shape index (κ3) is 3.96. The van der Waals surface area contributed by atoms with Crippen molar-refractivity contribution in [3.8, 4) is 5.75 Å². The van der Waals surface area contributed by atoms with E-state index in [0.717, 1.165) is 16.9 Å². The summed E-state index contributed by atoms with van der Waals surface area (Å²) >= 11 is 1.46. The summed E-state index contributed by atoms with van der Waals surface area (Å²) in [5.74, 6) is -0.408. The van der Waals surface area contributed by atoms with E-state index in [1.807, 2.05) is 34.5 Å². The average molecular weight is 371 g/mol. The van der Waals surface area contributed by atoms with Crippen LogP contribution >= 0.6 is 11.3 Å². The second-order valence-corrected chi connectivity index (χ2v) is 7.60. The molecule has 0 unspecified atom stereocenters. The summed E-state index contributed by atoms with van der Waals surface area (Å²) in [5, 5.41) is 11.0. The molecule has 1 aliphatic heterocycles. The molecule has 3 rings (SSSR count). The van der Waals surface area contributed by atoms with Crippen molar-refractivity contribution in [1.29, 1.82) is 0 Å². The van der Waals surface area contributed by atoms with Crippen LogP contribution < -0.4 is 4.74 Å². The molecule has 1 aliphatic rings. The highest BCUT2D eigenvalue weighted by Crippen LogP contribution is 2.27. The van der Waals surface area contributed by atoms with Gasteiger partial charge in [0.1, 0.15) is 5.75 Å². The number of nitrogens with zero attached hydrogens (tertiary/aromatic N) is 1. The van der Waals surface area contributed by atoms with Crippen LogP contribution in [0.4, 0.5) is 0 Å². The number of hydrogen-bond donors (Lipinski definition) is 1. The molecule has 0 saturated carbocycles. The quantitative estimate of drug-likeness (QED) is 0.865. The van der Waals surface area contributed by atoms with Gasteiger partial charge in [-0.25, -0.2) is 4.79 Å². The molecular formula is C20H21NO4S. The largest absolute Gasteiger partial charge is 0.478 e. The van der Waals surface area contributed by atoms with Crippen LogP contribution in [-0.2, 0) is 4.79 Å². The van der Waals surface area contributed by atoms with Gasteiger partial charge in [0, 0.05) is 13.1 Å². The molecule has 2 aromatic rings. The molecule has 2 heterocycles. The maximum absolute atomic E-state index is 12.4. The molecule has 6 heteroatoms. The summed E-state index contributed by atoms with van der Waals surface area (Å²) in [4.78, 5) is 26.1. The van der Waals surface area contributed by atoms with Crippen LogP contribution in [0.15, 0.2) is 47.9 Å². The summed E-state index contributed by atoms with van der Waals surface area (Å²) in [7, 11) is 0.